The van der Waals surface area contributed by atoms with E-state index in [1.165, 1.54) is 0 Å². The van der Waals surface area contributed by atoms with Gasteiger partial charge in [-0.3, -0.25) is 0 Å². The molecule has 1 heterocycles. The van der Waals surface area contributed by atoms with Gasteiger partial charge in [-0.15, -0.1) is 0 Å². The Morgan fingerprint density at radius 2 is 2.15 bits per heavy atom. The van der Waals surface area contributed by atoms with Gasteiger partial charge >= 0.3 is 0 Å². The van der Waals surface area contributed by atoms with Crippen LogP contribution >= 0.6 is 0 Å². The van der Waals surface area contributed by atoms with Crippen molar-refractivity contribution in [3.05, 3.63) is 0 Å². The molecule has 0 saturated carbocycles. The van der Waals surface area contributed by atoms with Gasteiger partial charge in [0.1, 0.15) is 0 Å². The molecule has 1 aliphatic rings. The molecule has 0 aromatic rings. The summed E-state index contributed by atoms with van der Waals surface area (Å²) in [7, 11) is -3.01. The van der Waals surface area contributed by atoms with Crippen molar-refractivity contribution in [1.29, 1.82) is 0 Å². The van der Waals surface area contributed by atoms with Crippen LogP contribution in [0, 0.1) is 0 Å². The van der Waals surface area contributed by atoms with Crippen molar-refractivity contribution < 1.29 is 8.42 Å². The molecule has 0 aliphatic carbocycles. The van der Waals surface area contributed by atoms with Crippen LogP contribution in [0.5, 0.6) is 0 Å². The van der Waals surface area contributed by atoms with Crippen LogP contribution in [0.3, 0.4) is 0 Å². The summed E-state index contributed by atoms with van der Waals surface area (Å²) < 4.78 is 25.2. The number of hydrogen-bond acceptors (Lipinski definition) is 3. The summed E-state index contributed by atoms with van der Waals surface area (Å²) in [6.45, 7) is 3.58. The lowest BCUT2D eigenvalue weighted by Crippen LogP contribution is -2.36. The minimum Gasteiger partial charge on any atom is -0.317 e. The molecule has 1 rings (SSSR count). The van der Waals surface area contributed by atoms with Crippen LogP contribution in [-0.2, 0) is 10.0 Å². The second-order valence-electron chi connectivity index (χ2n) is 3.40. The minimum absolute atomic E-state index is 0.139. The first-order chi connectivity index (χ1) is 6.14. The van der Waals surface area contributed by atoms with E-state index in [1.54, 1.807) is 6.92 Å². The number of sulfonamides is 1. The predicted molar refractivity (Wildman–Crippen MR) is 53.1 cm³/mol. The summed E-state index contributed by atoms with van der Waals surface area (Å²) in [6, 6.07) is 0.139. The molecule has 1 atom stereocenters. The highest BCUT2D eigenvalue weighted by Crippen LogP contribution is 2.06. The highest BCUT2D eigenvalue weighted by atomic mass is 32.2. The number of nitrogens with one attached hydrogen (secondary N) is 2. The second-order valence-corrected chi connectivity index (χ2v) is 5.44. The van der Waals surface area contributed by atoms with Crippen molar-refractivity contribution in [3.8, 4) is 0 Å². The Hall–Kier alpha value is -0.130. The van der Waals surface area contributed by atoms with Gasteiger partial charge in [0.25, 0.3) is 0 Å². The highest BCUT2D eigenvalue weighted by Gasteiger charge is 2.16. The van der Waals surface area contributed by atoms with Crippen LogP contribution in [-0.4, -0.2) is 33.3 Å². The fraction of sp³-hybridized carbons (Fsp3) is 1.00. The van der Waals surface area contributed by atoms with Gasteiger partial charge in [0.05, 0.1) is 5.75 Å². The third-order valence-corrected chi connectivity index (χ3v) is 3.75. The zero-order chi connectivity index (χ0) is 9.73. The van der Waals surface area contributed by atoms with Gasteiger partial charge < -0.3 is 5.32 Å². The Kier molecular flexibility index (Phi) is 4.15. The van der Waals surface area contributed by atoms with Crippen LogP contribution in [0.2, 0.25) is 0 Å². The van der Waals surface area contributed by atoms with Crippen LogP contribution in [0.25, 0.3) is 0 Å². The average molecular weight is 206 g/mol. The molecule has 1 unspecified atom stereocenters. The van der Waals surface area contributed by atoms with E-state index in [2.05, 4.69) is 10.0 Å². The minimum atomic E-state index is -3.01. The predicted octanol–water partition coefficient (Wildman–Crippen LogP) is 0.0678. The Labute approximate surface area is 80.1 Å². The van der Waals surface area contributed by atoms with Crippen LogP contribution in [0.15, 0.2) is 0 Å². The zero-order valence-corrected chi connectivity index (χ0v) is 8.86. The molecule has 78 valence electrons. The molecule has 0 bridgehead atoms. The lowest BCUT2D eigenvalue weighted by Gasteiger charge is -2.14. The summed E-state index contributed by atoms with van der Waals surface area (Å²) in [5.41, 5.74) is 0. The largest absolute Gasteiger partial charge is 0.317 e. The van der Waals surface area contributed by atoms with Gasteiger partial charge in [-0.2, -0.15) is 0 Å². The first-order valence-corrected chi connectivity index (χ1v) is 6.50. The van der Waals surface area contributed by atoms with Gasteiger partial charge in [-0.05, 0) is 39.3 Å². The first-order valence-electron chi connectivity index (χ1n) is 4.85. The Balaban J connectivity index is 2.42. The molecule has 1 fully saturated rings. The lowest BCUT2D eigenvalue weighted by atomic mass is 10.1. The van der Waals surface area contributed by atoms with E-state index < -0.39 is 10.0 Å². The van der Waals surface area contributed by atoms with E-state index in [4.69, 9.17) is 0 Å². The summed E-state index contributed by atoms with van der Waals surface area (Å²) in [5, 5.41) is 3.25. The molecule has 1 aliphatic heterocycles. The summed E-state index contributed by atoms with van der Waals surface area (Å²) >= 11 is 0. The van der Waals surface area contributed by atoms with E-state index in [0.717, 1.165) is 32.4 Å². The Bertz CT molecular complexity index is 231. The van der Waals surface area contributed by atoms with Crippen molar-refractivity contribution in [3.63, 3.8) is 0 Å². The van der Waals surface area contributed by atoms with Crippen LogP contribution in [0.1, 0.15) is 26.2 Å². The van der Waals surface area contributed by atoms with E-state index >= 15 is 0 Å². The summed E-state index contributed by atoms with van der Waals surface area (Å²) in [4.78, 5) is 0. The van der Waals surface area contributed by atoms with Crippen LogP contribution in [0.4, 0.5) is 0 Å². The molecule has 0 amide bonds. The van der Waals surface area contributed by atoms with E-state index in [9.17, 15) is 8.42 Å². The SMILES string of the molecule is CCS(=O)(=O)NC1CCCNCC1. The van der Waals surface area contributed by atoms with Gasteiger partial charge in [0.15, 0.2) is 0 Å². The van der Waals surface area contributed by atoms with Gasteiger partial charge in [0.2, 0.25) is 10.0 Å². The molecule has 0 radical (unpaired) electrons. The third-order valence-electron chi connectivity index (χ3n) is 2.30. The fourth-order valence-electron chi connectivity index (χ4n) is 1.47. The summed E-state index contributed by atoms with van der Waals surface area (Å²) in [6.07, 6.45) is 2.91. The molecule has 1 saturated heterocycles. The third kappa shape index (κ3) is 4.06. The monoisotopic (exact) mass is 206 g/mol. The average Bonchev–Trinajstić information content (AvgIpc) is 2.32. The quantitative estimate of drug-likeness (QED) is 0.687. The molecule has 13 heavy (non-hydrogen) atoms. The van der Waals surface area contributed by atoms with Gasteiger partial charge in [-0.25, -0.2) is 13.1 Å². The standard InChI is InChI=1S/C8H18N2O2S/c1-2-13(11,12)10-8-4-3-6-9-7-5-8/h8-10H,2-7H2,1H3. The first kappa shape index (κ1) is 10.9. The van der Waals surface area contributed by atoms with Crippen LogP contribution < -0.4 is 10.0 Å². The molecule has 0 spiro atoms. The highest BCUT2D eigenvalue weighted by molar-refractivity contribution is 7.89. The second kappa shape index (κ2) is 4.93. The maximum atomic E-state index is 11.2. The van der Waals surface area contributed by atoms with Crippen molar-refractivity contribution in [2.75, 3.05) is 18.8 Å². The Morgan fingerprint density at radius 1 is 1.38 bits per heavy atom. The van der Waals surface area contributed by atoms with Crippen molar-refractivity contribution in [2.24, 2.45) is 0 Å². The topological polar surface area (TPSA) is 58.2 Å². The number of hydrogen-bond donors (Lipinski definition) is 2. The van der Waals surface area contributed by atoms with E-state index in [0.29, 0.717) is 0 Å². The molecule has 0 aromatic heterocycles. The Morgan fingerprint density at radius 3 is 2.85 bits per heavy atom. The summed E-state index contributed by atoms with van der Waals surface area (Å²) in [5.74, 6) is 0.178. The molecule has 2 N–H and O–H groups in total. The molecule has 5 heteroatoms. The number of rotatable bonds is 3. The maximum Gasteiger partial charge on any atom is 0.211 e. The normalized spacial score (nSPS) is 25.5. The zero-order valence-electron chi connectivity index (χ0n) is 8.04. The molecule has 0 aromatic carbocycles. The molecule has 4 nitrogen and oxygen atoms in total. The van der Waals surface area contributed by atoms with E-state index in [-0.39, 0.29) is 11.8 Å². The molecular formula is C8H18N2O2S. The van der Waals surface area contributed by atoms with Crippen molar-refractivity contribution >= 4 is 10.0 Å². The van der Waals surface area contributed by atoms with Crippen molar-refractivity contribution in [1.82, 2.24) is 10.0 Å². The molecular weight excluding hydrogens is 188 g/mol. The lowest BCUT2D eigenvalue weighted by molar-refractivity contribution is 0.519. The van der Waals surface area contributed by atoms with Gasteiger partial charge in [-0.1, -0.05) is 0 Å². The van der Waals surface area contributed by atoms with E-state index in [1.807, 2.05) is 0 Å². The smallest absolute Gasteiger partial charge is 0.211 e. The van der Waals surface area contributed by atoms with Crippen molar-refractivity contribution in [2.45, 2.75) is 32.2 Å². The van der Waals surface area contributed by atoms with Gasteiger partial charge in [0, 0.05) is 6.04 Å². The fourth-order valence-corrected chi connectivity index (χ4v) is 2.38. The maximum absolute atomic E-state index is 11.2.